The zero-order valence-corrected chi connectivity index (χ0v) is 13.0. The third kappa shape index (κ3) is 5.21. The number of hydrogen-bond donors (Lipinski definition) is 1. The van der Waals surface area contributed by atoms with E-state index >= 15 is 0 Å². The summed E-state index contributed by atoms with van der Waals surface area (Å²) < 4.78 is 5.67. The van der Waals surface area contributed by atoms with E-state index in [1.807, 2.05) is 38.1 Å². The maximum Gasteiger partial charge on any atom is 0.260 e. The van der Waals surface area contributed by atoms with Crippen molar-refractivity contribution < 1.29 is 9.53 Å². The minimum Gasteiger partial charge on any atom is -0.483 e. The number of nitrogens with one attached hydrogen (secondary N) is 1. The number of rotatable bonds is 8. The van der Waals surface area contributed by atoms with Crippen LogP contribution in [0.4, 0.5) is 0 Å². The highest BCUT2D eigenvalue weighted by Gasteiger charge is 2.13. The number of hydrogen-bond acceptors (Lipinski definition) is 3. The maximum absolute atomic E-state index is 11.9. The fourth-order valence-corrected chi connectivity index (χ4v) is 1.72. The van der Waals surface area contributed by atoms with Crippen molar-refractivity contribution in [3.05, 3.63) is 29.8 Å². The van der Waals surface area contributed by atoms with Crippen LogP contribution < -0.4 is 10.1 Å². The predicted octanol–water partition coefficient (Wildman–Crippen LogP) is 2.43. The van der Waals surface area contributed by atoms with E-state index in [2.05, 4.69) is 12.2 Å². The molecule has 0 bridgehead atoms. The summed E-state index contributed by atoms with van der Waals surface area (Å²) in [7, 11) is 1.80. The van der Waals surface area contributed by atoms with Gasteiger partial charge in [-0.1, -0.05) is 25.1 Å². The van der Waals surface area contributed by atoms with Gasteiger partial charge in [0.1, 0.15) is 5.75 Å². The Hall–Kier alpha value is -1.55. The summed E-state index contributed by atoms with van der Waals surface area (Å²) in [6.45, 7) is 7.93. The van der Waals surface area contributed by atoms with E-state index in [-0.39, 0.29) is 18.6 Å². The first-order valence-electron chi connectivity index (χ1n) is 7.23. The Morgan fingerprint density at radius 1 is 1.35 bits per heavy atom. The van der Waals surface area contributed by atoms with Gasteiger partial charge < -0.3 is 15.0 Å². The number of ether oxygens (including phenoxy) is 1. The van der Waals surface area contributed by atoms with Crippen molar-refractivity contribution in [3.8, 4) is 5.75 Å². The summed E-state index contributed by atoms with van der Waals surface area (Å²) in [5.41, 5.74) is 1.08. The van der Waals surface area contributed by atoms with Gasteiger partial charge in [0.25, 0.3) is 5.91 Å². The second-order valence-electron chi connectivity index (χ2n) is 5.17. The first-order valence-corrected chi connectivity index (χ1v) is 7.23. The molecule has 0 heterocycles. The first kappa shape index (κ1) is 16.5. The van der Waals surface area contributed by atoms with Crippen LogP contribution in [0, 0.1) is 0 Å². The van der Waals surface area contributed by atoms with Crippen molar-refractivity contribution in [2.75, 3.05) is 20.2 Å². The SMILES string of the molecule is CCCNCc1ccccc1OCC(=O)N(C)C(C)C. The maximum atomic E-state index is 11.9. The predicted molar refractivity (Wildman–Crippen MR) is 81.8 cm³/mol. The summed E-state index contributed by atoms with van der Waals surface area (Å²) in [5, 5.41) is 3.35. The van der Waals surface area contributed by atoms with Crippen LogP contribution in [-0.4, -0.2) is 37.0 Å². The van der Waals surface area contributed by atoms with E-state index in [1.165, 1.54) is 0 Å². The molecule has 0 spiro atoms. The van der Waals surface area contributed by atoms with Crippen molar-refractivity contribution >= 4 is 5.91 Å². The van der Waals surface area contributed by atoms with Crippen LogP contribution in [0.25, 0.3) is 0 Å². The van der Waals surface area contributed by atoms with Crippen molar-refractivity contribution in [1.82, 2.24) is 10.2 Å². The highest BCUT2D eigenvalue weighted by Crippen LogP contribution is 2.17. The third-order valence-corrected chi connectivity index (χ3v) is 3.23. The molecule has 0 aromatic heterocycles. The van der Waals surface area contributed by atoms with Crippen LogP contribution in [0.15, 0.2) is 24.3 Å². The van der Waals surface area contributed by atoms with Crippen LogP contribution in [0.5, 0.6) is 5.75 Å². The van der Waals surface area contributed by atoms with Crippen molar-refractivity contribution in [2.24, 2.45) is 0 Å². The van der Waals surface area contributed by atoms with Crippen LogP contribution in [-0.2, 0) is 11.3 Å². The summed E-state index contributed by atoms with van der Waals surface area (Å²) in [4.78, 5) is 13.6. The molecule has 0 aliphatic rings. The van der Waals surface area contributed by atoms with Gasteiger partial charge in [-0.3, -0.25) is 4.79 Å². The first-order chi connectivity index (χ1) is 9.56. The fourth-order valence-electron chi connectivity index (χ4n) is 1.72. The molecule has 4 nitrogen and oxygen atoms in total. The molecule has 0 saturated heterocycles. The second kappa shape index (κ2) is 8.59. The quantitative estimate of drug-likeness (QED) is 0.743. The summed E-state index contributed by atoms with van der Waals surface area (Å²) in [6.07, 6.45) is 1.10. The lowest BCUT2D eigenvalue weighted by atomic mass is 10.2. The summed E-state index contributed by atoms with van der Waals surface area (Å²) >= 11 is 0. The van der Waals surface area contributed by atoms with E-state index in [1.54, 1.807) is 11.9 Å². The number of likely N-dealkylation sites (N-methyl/N-ethyl adjacent to an activating group) is 1. The lowest BCUT2D eigenvalue weighted by Gasteiger charge is -2.21. The van der Waals surface area contributed by atoms with E-state index < -0.39 is 0 Å². The highest BCUT2D eigenvalue weighted by molar-refractivity contribution is 5.77. The van der Waals surface area contributed by atoms with Crippen LogP contribution in [0.3, 0.4) is 0 Å². The molecule has 1 rings (SSSR count). The lowest BCUT2D eigenvalue weighted by Crippen LogP contribution is -2.36. The zero-order chi connectivity index (χ0) is 15.0. The van der Waals surface area contributed by atoms with Gasteiger partial charge >= 0.3 is 0 Å². The van der Waals surface area contributed by atoms with Gasteiger partial charge in [-0.15, -0.1) is 0 Å². The Morgan fingerprint density at radius 2 is 2.05 bits per heavy atom. The molecule has 0 saturated carbocycles. The molecular weight excluding hydrogens is 252 g/mol. The van der Waals surface area contributed by atoms with Crippen molar-refractivity contribution in [1.29, 1.82) is 0 Å². The Bertz CT molecular complexity index is 419. The van der Waals surface area contributed by atoms with Gasteiger partial charge in [-0.25, -0.2) is 0 Å². The molecule has 0 aliphatic carbocycles. The molecule has 0 fully saturated rings. The van der Waals surface area contributed by atoms with E-state index in [4.69, 9.17) is 4.74 Å². The third-order valence-electron chi connectivity index (χ3n) is 3.23. The number of nitrogens with zero attached hydrogens (tertiary/aromatic N) is 1. The van der Waals surface area contributed by atoms with Crippen LogP contribution >= 0.6 is 0 Å². The smallest absolute Gasteiger partial charge is 0.260 e. The topological polar surface area (TPSA) is 41.6 Å². The van der Waals surface area contributed by atoms with Crippen LogP contribution in [0.1, 0.15) is 32.8 Å². The van der Waals surface area contributed by atoms with Gasteiger partial charge in [0.05, 0.1) is 0 Å². The largest absolute Gasteiger partial charge is 0.483 e. The van der Waals surface area contributed by atoms with Gasteiger partial charge in [0.2, 0.25) is 0 Å². The lowest BCUT2D eigenvalue weighted by molar-refractivity contribution is -0.133. The monoisotopic (exact) mass is 278 g/mol. The fraction of sp³-hybridized carbons (Fsp3) is 0.562. The number of benzene rings is 1. The molecule has 1 aromatic carbocycles. The molecule has 1 N–H and O–H groups in total. The Morgan fingerprint density at radius 3 is 2.70 bits per heavy atom. The average molecular weight is 278 g/mol. The van der Waals surface area contributed by atoms with Gasteiger partial charge in [0.15, 0.2) is 6.61 Å². The Labute approximate surface area is 122 Å². The van der Waals surface area contributed by atoms with Crippen molar-refractivity contribution in [3.63, 3.8) is 0 Å². The highest BCUT2D eigenvalue weighted by atomic mass is 16.5. The minimum atomic E-state index is -0.00341. The molecule has 0 atom stereocenters. The Kier molecular flexibility index (Phi) is 7.09. The Balaban J connectivity index is 2.56. The van der Waals surface area contributed by atoms with E-state index in [0.29, 0.717) is 0 Å². The molecule has 20 heavy (non-hydrogen) atoms. The van der Waals surface area contributed by atoms with E-state index in [0.717, 1.165) is 30.8 Å². The van der Waals surface area contributed by atoms with Gasteiger partial charge in [-0.2, -0.15) is 0 Å². The number of carbonyl (C=O) groups excluding carboxylic acids is 1. The van der Waals surface area contributed by atoms with Gasteiger partial charge in [-0.05, 0) is 32.9 Å². The summed E-state index contributed by atoms with van der Waals surface area (Å²) in [5.74, 6) is 0.776. The molecule has 0 aliphatic heterocycles. The van der Waals surface area contributed by atoms with Crippen LogP contribution in [0.2, 0.25) is 0 Å². The molecular formula is C16H26N2O2. The molecule has 4 heteroatoms. The molecule has 1 aromatic rings. The number of carbonyl (C=O) groups is 1. The number of para-hydroxylation sites is 1. The van der Waals surface area contributed by atoms with E-state index in [9.17, 15) is 4.79 Å². The molecule has 0 radical (unpaired) electrons. The molecule has 1 amide bonds. The standard InChI is InChI=1S/C16H26N2O2/c1-5-10-17-11-14-8-6-7-9-15(14)20-12-16(19)18(4)13(2)3/h6-9,13,17H,5,10-12H2,1-4H3. The van der Waals surface area contributed by atoms with Gasteiger partial charge in [0, 0.05) is 25.2 Å². The number of amides is 1. The zero-order valence-electron chi connectivity index (χ0n) is 13.0. The normalized spacial score (nSPS) is 10.7. The molecule has 112 valence electrons. The second-order valence-corrected chi connectivity index (χ2v) is 5.17. The average Bonchev–Trinajstić information content (AvgIpc) is 2.45. The molecule has 0 unspecified atom stereocenters. The minimum absolute atomic E-state index is 0.00341. The summed E-state index contributed by atoms with van der Waals surface area (Å²) in [6, 6.07) is 8.03. The van der Waals surface area contributed by atoms with Crippen molar-refractivity contribution in [2.45, 2.75) is 39.8 Å².